The number of unbranched alkanes of at least 4 members (excludes halogenated alkanes) is 2. The molecule has 0 aliphatic heterocycles. The fourth-order valence-corrected chi connectivity index (χ4v) is 5.19. The summed E-state index contributed by atoms with van der Waals surface area (Å²) in [6.07, 6.45) is 10.7. The van der Waals surface area contributed by atoms with Crippen molar-refractivity contribution in [1.29, 1.82) is 0 Å². The zero-order chi connectivity index (χ0) is 20.1. The molecule has 0 saturated heterocycles. The van der Waals surface area contributed by atoms with Crippen molar-refractivity contribution in [3.63, 3.8) is 0 Å². The predicted octanol–water partition coefficient (Wildman–Crippen LogP) is 4.23. The minimum Gasteiger partial charge on any atom is -0.481 e. The molecular formula is C24H34O4. The molecule has 0 aromatic heterocycles. The number of aryl methyl sites for hydroxylation is 1. The smallest absolute Gasteiger partial charge is 0.303 e. The van der Waals surface area contributed by atoms with Crippen LogP contribution in [0.15, 0.2) is 30.4 Å². The number of aliphatic hydroxyl groups excluding tert-OH is 2. The van der Waals surface area contributed by atoms with E-state index < -0.39 is 12.1 Å². The van der Waals surface area contributed by atoms with E-state index in [-0.39, 0.29) is 18.4 Å². The number of aliphatic carboxylic acids is 1. The SMILES string of the molecule is CCCCCC(O)/C=C/[C@@H]1[C@H]2c3cccc(CCCC(=O)O)c3C[C@H]2C[C@H]1O. The Kier molecular flexibility index (Phi) is 7.30. The molecule has 0 amide bonds. The molecule has 0 radical (unpaired) electrons. The quantitative estimate of drug-likeness (QED) is 0.415. The van der Waals surface area contributed by atoms with Crippen LogP contribution < -0.4 is 0 Å². The molecule has 0 bridgehead atoms. The molecule has 2 aliphatic carbocycles. The summed E-state index contributed by atoms with van der Waals surface area (Å²) in [5.74, 6) is 0.0673. The number of rotatable bonds is 10. The van der Waals surface area contributed by atoms with Crippen LogP contribution in [0.3, 0.4) is 0 Å². The summed E-state index contributed by atoms with van der Waals surface area (Å²) >= 11 is 0. The van der Waals surface area contributed by atoms with Gasteiger partial charge in [0.1, 0.15) is 0 Å². The molecule has 3 rings (SSSR count). The summed E-state index contributed by atoms with van der Waals surface area (Å²) in [6, 6.07) is 6.38. The van der Waals surface area contributed by atoms with Gasteiger partial charge in [0.15, 0.2) is 0 Å². The summed E-state index contributed by atoms with van der Waals surface area (Å²) < 4.78 is 0. The molecule has 0 heterocycles. The first-order valence-corrected chi connectivity index (χ1v) is 10.9. The number of carbonyl (C=O) groups is 1. The Morgan fingerprint density at radius 2 is 2.11 bits per heavy atom. The van der Waals surface area contributed by atoms with Gasteiger partial charge in [-0.3, -0.25) is 4.79 Å². The fourth-order valence-electron chi connectivity index (χ4n) is 5.19. The van der Waals surface area contributed by atoms with Gasteiger partial charge < -0.3 is 15.3 Å². The predicted molar refractivity (Wildman–Crippen MR) is 110 cm³/mol. The van der Waals surface area contributed by atoms with Crippen LogP contribution >= 0.6 is 0 Å². The minimum absolute atomic E-state index is 0.0568. The van der Waals surface area contributed by atoms with Gasteiger partial charge in [-0.25, -0.2) is 0 Å². The van der Waals surface area contributed by atoms with Gasteiger partial charge in [-0.1, -0.05) is 56.5 Å². The van der Waals surface area contributed by atoms with Gasteiger partial charge in [-0.05, 0) is 60.6 Å². The van der Waals surface area contributed by atoms with Crippen LogP contribution in [-0.2, 0) is 17.6 Å². The van der Waals surface area contributed by atoms with E-state index in [1.807, 2.05) is 6.08 Å². The summed E-state index contributed by atoms with van der Waals surface area (Å²) in [4.78, 5) is 10.8. The number of benzene rings is 1. The van der Waals surface area contributed by atoms with E-state index in [1.54, 1.807) is 0 Å². The molecule has 1 unspecified atom stereocenters. The molecule has 4 heteroatoms. The summed E-state index contributed by atoms with van der Waals surface area (Å²) in [7, 11) is 0. The Morgan fingerprint density at radius 1 is 1.29 bits per heavy atom. The van der Waals surface area contributed by atoms with Gasteiger partial charge in [0.05, 0.1) is 12.2 Å². The summed E-state index contributed by atoms with van der Waals surface area (Å²) in [6.45, 7) is 2.16. The third-order valence-corrected chi connectivity index (χ3v) is 6.54. The van der Waals surface area contributed by atoms with E-state index in [4.69, 9.17) is 5.11 Å². The van der Waals surface area contributed by atoms with E-state index >= 15 is 0 Å². The summed E-state index contributed by atoms with van der Waals surface area (Å²) in [5, 5.41) is 29.7. The van der Waals surface area contributed by atoms with Crippen molar-refractivity contribution >= 4 is 5.97 Å². The molecule has 154 valence electrons. The lowest BCUT2D eigenvalue weighted by molar-refractivity contribution is -0.137. The van der Waals surface area contributed by atoms with Crippen LogP contribution in [0.2, 0.25) is 0 Å². The Labute approximate surface area is 168 Å². The average molecular weight is 387 g/mol. The molecule has 0 spiro atoms. The molecule has 5 atom stereocenters. The lowest BCUT2D eigenvalue weighted by Gasteiger charge is -2.20. The lowest BCUT2D eigenvalue weighted by atomic mass is 9.86. The third kappa shape index (κ3) is 4.84. The normalized spacial score (nSPS) is 27.1. The number of aliphatic hydroxyl groups is 2. The second-order valence-corrected chi connectivity index (χ2v) is 8.55. The topological polar surface area (TPSA) is 77.8 Å². The van der Waals surface area contributed by atoms with E-state index in [0.717, 1.165) is 44.9 Å². The van der Waals surface area contributed by atoms with Crippen molar-refractivity contribution in [3.8, 4) is 0 Å². The first-order chi connectivity index (χ1) is 13.5. The minimum atomic E-state index is -0.740. The first kappa shape index (κ1) is 21.1. The van der Waals surface area contributed by atoms with Crippen LogP contribution in [-0.4, -0.2) is 33.5 Å². The molecule has 1 fully saturated rings. The Hall–Kier alpha value is -1.65. The van der Waals surface area contributed by atoms with E-state index in [2.05, 4.69) is 31.2 Å². The van der Waals surface area contributed by atoms with Gasteiger partial charge in [-0.15, -0.1) is 0 Å². The fraction of sp³-hybridized carbons (Fsp3) is 0.625. The molecule has 2 aliphatic rings. The van der Waals surface area contributed by atoms with Gasteiger partial charge >= 0.3 is 5.97 Å². The number of hydrogen-bond donors (Lipinski definition) is 3. The lowest BCUT2D eigenvalue weighted by Crippen LogP contribution is -2.17. The van der Waals surface area contributed by atoms with Crippen molar-refractivity contribution in [1.82, 2.24) is 0 Å². The maximum Gasteiger partial charge on any atom is 0.303 e. The highest BCUT2D eigenvalue weighted by Gasteiger charge is 2.46. The molecule has 1 aromatic carbocycles. The van der Waals surface area contributed by atoms with Crippen LogP contribution in [0.25, 0.3) is 0 Å². The van der Waals surface area contributed by atoms with Crippen molar-refractivity contribution in [2.45, 2.75) is 82.8 Å². The highest BCUT2D eigenvalue weighted by Crippen LogP contribution is 2.53. The largest absolute Gasteiger partial charge is 0.481 e. The molecule has 1 aromatic rings. The van der Waals surface area contributed by atoms with E-state index in [0.29, 0.717) is 18.3 Å². The van der Waals surface area contributed by atoms with Gasteiger partial charge in [0, 0.05) is 12.3 Å². The molecule has 1 saturated carbocycles. The van der Waals surface area contributed by atoms with Gasteiger partial charge in [0.2, 0.25) is 0 Å². The van der Waals surface area contributed by atoms with Crippen molar-refractivity contribution < 1.29 is 20.1 Å². The van der Waals surface area contributed by atoms with E-state index in [1.165, 1.54) is 16.7 Å². The highest BCUT2D eigenvalue weighted by molar-refractivity contribution is 5.66. The number of hydrogen-bond acceptors (Lipinski definition) is 3. The van der Waals surface area contributed by atoms with Crippen LogP contribution in [0.1, 0.15) is 74.5 Å². The van der Waals surface area contributed by atoms with Gasteiger partial charge in [-0.2, -0.15) is 0 Å². The second-order valence-electron chi connectivity index (χ2n) is 8.55. The second kappa shape index (κ2) is 9.71. The zero-order valence-electron chi connectivity index (χ0n) is 16.9. The third-order valence-electron chi connectivity index (χ3n) is 6.54. The highest BCUT2D eigenvalue weighted by atomic mass is 16.4. The summed E-state index contributed by atoms with van der Waals surface area (Å²) in [5.41, 5.74) is 3.96. The molecular weight excluding hydrogens is 352 g/mol. The zero-order valence-corrected chi connectivity index (χ0v) is 16.9. The first-order valence-electron chi connectivity index (χ1n) is 10.9. The maximum atomic E-state index is 10.8. The van der Waals surface area contributed by atoms with Crippen LogP contribution in [0, 0.1) is 11.8 Å². The van der Waals surface area contributed by atoms with Crippen LogP contribution in [0.5, 0.6) is 0 Å². The number of fused-ring (bicyclic) bond motifs is 3. The standard InChI is InChI=1S/C24H34O4/c1-2-3-4-9-18(25)12-13-20-22(26)15-17-14-21-16(8-6-11-23(27)28)7-5-10-19(21)24(17)20/h5,7,10,12-13,17-18,20,22,24-26H,2-4,6,8-9,11,14-15H2,1H3,(H,27,28)/b13-12+/t17-,18?,20-,22+,24+/m0/s1. The van der Waals surface area contributed by atoms with Crippen LogP contribution in [0.4, 0.5) is 0 Å². The maximum absolute atomic E-state index is 10.8. The van der Waals surface area contributed by atoms with Crippen molar-refractivity contribution in [2.24, 2.45) is 11.8 Å². The van der Waals surface area contributed by atoms with Gasteiger partial charge in [0.25, 0.3) is 0 Å². The average Bonchev–Trinajstić information content (AvgIpc) is 3.15. The van der Waals surface area contributed by atoms with E-state index in [9.17, 15) is 15.0 Å². The molecule has 4 nitrogen and oxygen atoms in total. The molecule has 28 heavy (non-hydrogen) atoms. The Balaban J connectivity index is 1.70. The Morgan fingerprint density at radius 3 is 2.86 bits per heavy atom. The Bertz CT molecular complexity index is 696. The number of carboxylic acids is 1. The molecule has 3 N–H and O–H groups in total. The van der Waals surface area contributed by atoms with Crippen molar-refractivity contribution in [2.75, 3.05) is 0 Å². The monoisotopic (exact) mass is 386 g/mol. The van der Waals surface area contributed by atoms with Crippen molar-refractivity contribution in [3.05, 3.63) is 47.0 Å². The number of carboxylic acid groups (broad SMARTS) is 1.